The molecule has 31 heavy (non-hydrogen) atoms. The molecule has 0 fully saturated rings. The first-order valence-electron chi connectivity index (χ1n) is 9.76. The fraction of sp³-hybridized carbons (Fsp3) is 0.217. The summed E-state index contributed by atoms with van der Waals surface area (Å²) in [6.45, 7) is 4.78. The van der Waals surface area contributed by atoms with Crippen LogP contribution < -0.4 is 14.8 Å². The summed E-state index contributed by atoms with van der Waals surface area (Å²) in [6.07, 6.45) is 2.25. The summed E-state index contributed by atoms with van der Waals surface area (Å²) in [6, 6.07) is 16.9. The average molecular weight is 435 g/mol. The van der Waals surface area contributed by atoms with Crippen LogP contribution in [0.25, 0.3) is 6.08 Å². The van der Waals surface area contributed by atoms with Crippen LogP contribution in [0.3, 0.4) is 0 Å². The Kier molecular flexibility index (Phi) is 7.73. The predicted molar refractivity (Wildman–Crippen MR) is 120 cm³/mol. The Balaban J connectivity index is 1.53. The van der Waals surface area contributed by atoms with Gasteiger partial charge in [0, 0.05) is 0 Å². The lowest BCUT2D eigenvalue weighted by Gasteiger charge is -2.10. The number of nitrogens with zero attached hydrogens (tertiary/aromatic N) is 3. The molecule has 2 aromatic carbocycles. The third kappa shape index (κ3) is 6.39. The van der Waals surface area contributed by atoms with E-state index in [-0.39, 0.29) is 5.57 Å². The quantitative estimate of drug-likeness (QED) is 0.304. The molecule has 0 radical (unpaired) electrons. The minimum atomic E-state index is -0.519. The smallest absolute Gasteiger partial charge is 0.268 e. The number of aryl methyl sites for hydroxylation is 2. The minimum Gasteiger partial charge on any atom is -0.490 e. The number of carbonyl (C=O) groups excluding carboxylic acids is 1. The van der Waals surface area contributed by atoms with Gasteiger partial charge in [-0.1, -0.05) is 48.6 Å². The van der Waals surface area contributed by atoms with Crippen molar-refractivity contribution < 1.29 is 14.3 Å². The largest absolute Gasteiger partial charge is 0.490 e. The van der Waals surface area contributed by atoms with E-state index in [4.69, 9.17) is 9.47 Å². The maximum Gasteiger partial charge on any atom is 0.268 e. The van der Waals surface area contributed by atoms with Crippen molar-refractivity contribution in [1.29, 1.82) is 5.26 Å². The van der Waals surface area contributed by atoms with Crippen molar-refractivity contribution in [2.45, 2.75) is 20.3 Å². The summed E-state index contributed by atoms with van der Waals surface area (Å²) in [5.41, 5.74) is 1.77. The first-order valence-corrected chi connectivity index (χ1v) is 10.6. The Bertz CT molecular complexity index is 1100. The lowest BCUT2D eigenvalue weighted by molar-refractivity contribution is -0.112. The third-order valence-electron chi connectivity index (χ3n) is 4.25. The van der Waals surface area contributed by atoms with Gasteiger partial charge in [0.1, 0.15) is 41.4 Å². The number of para-hydroxylation sites is 1. The second-order valence-corrected chi connectivity index (χ2v) is 7.57. The minimum absolute atomic E-state index is 0.0199. The molecule has 0 spiro atoms. The van der Waals surface area contributed by atoms with Crippen molar-refractivity contribution in [2.24, 2.45) is 0 Å². The van der Waals surface area contributed by atoms with Crippen LogP contribution >= 0.6 is 11.3 Å². The molecule has 0 aliphatic heterocycles. The fourth-order valence-corrected chi connectivity index (χ4v) is 3.29. The number of anilines is 1. The molecule has 8 heteroatoms. The van der Waals surface area contributed by atoms with Gasteiger partial charge in [0.15, 0.2) is 0 Å². The molecule has 1 heterocycles. The van der Waals surface area contributed by atoms with Crippen LogP contribution in [0.1, 0.15) is 23.1 Å². The van der Waals surface area contributed by atoms with Crippen molar-refractivity contribution >= 4 is 28.5 Å². The summed E-state index contributed by atoms with van der Waals surface area (Å²) in [4.78, 5) is 12.3. The molecular formula is C23H22N4O3S. The van der Waals surface area contributed by atoms with Crippen LogP contribution in [0.2, 0.25) is 0 Å². The number of hydrogen-bond acceptors (Lipinski definition) is 7. The second-order valence-electron chi connectivity index (χ2n) is 6.51. The Morgan fingerprint density at radius 1 is 1.13 bits per heavy atom. The molecule has 1 aromatic heterocycles. The van der Waals surface area contributed by atoms with E-state index in [0.717, 1.165) is 22.7 Å². The van der Waals surface area contributed by atoms with Crippen molar-refractivity contribution in [3.63, 3.8) is 0 Å². The maximum atomic E-state index is 12.3. The molecule has 158 valence electrons. The molecule has 7 nitrogen and oxygen atoms in total. The maximum absolute atomic E-state index is 12.3. The molecule has 0 saturated carbocycles. The summed E-state index contributed by atoms with van der Waals surface area (Å²) in [7, 11) is 0. The first kappa shape index (κ1) is 22.0. The predicted octanol–water partition coefficient (Wildman–Crippen LogP) is 4.41. The van der Waals surface area contributed by atoms with Crippen LogP contribution in [0.5, 0.6) is 11.5 Å². The van der Waals surface area contributed by atoms with Crippen molar-refractivity contribution in [2.75, 3.05) is 18.5 Å². The number of rotatable bonds is 9. The first-order chi connectivity index (χ1) is 15.1. The number of amides is 1. The molecule has 0 atom stereocenters. The molecule has 3 rings (SSSR count). The van der Waals surface area contributed by atoms with Gasteiger partial charge in [0.05, 0.1) is 0 Å². The molecule has 1 N–H and O–H groups in total. The zero-order valence-electron chi connectivity index (χ0n) is 17.3. The van der Waals surface area contributed by atoms with Crippen LogP contribution in [0.4, 0.5) is 5.13 Å². The van der Waals surface area contributed by atoms with Gasteiger partial charge in [-0.15, -0.1) is 10.2 Å². The number of nitriles is 1. The number of ether oxygens (including phenoxy) is 2. The van der Waals surface area contributed by atoms with E-state index in [1.54, 1.807) is 24.3 Å². The van der Waals surface area contributed by atoms with Gasteiger partial charge >= 0.3 is 0 Å². The fourth-order valence-electron chi connectivity index (χ4n) is 2.62. The highest BCUT2D eigenvalue weighted by Crippen LogP contribution is 2.19. The molecular weight excluding hydrogens is 412 g/mol. The van der Waals surface area contributed by atoms with Gasteiger partial charge in [-0.2, -0.15) is 5.26 Å². The second kappa shape index (κ2) is 10.9. The monoisotopic (exact) mass is 434 g/mol. The van der Waals surface area contributed by atoms with E-state index in [1.165, 1.54) is 17.4 Å². The number of aromatic nitrogens is 2. The third-order valence-corrected chi connectivity index (χ3v) is 5.23. The van der Waals surface area contributed by atoms with Crippen LogP contribution in [-0.4, -0.2) is 29.3 Å². The van der Waals surface area contributed by atoms with E-state index in [0.29, 0.717) is 29.7 Å². The van der Waals surface area contributed by atoms with Gasteiger partial charge in [-0.25, -0.2) is 0 Å². The van der Waals surface area contributed by atoms with Crippen LogP contribution in [0.15, 0.2) is 54.1 Å². The lowest BCUT2D eigenvalue weighted by atomic mass is 10.1. The van der Waals surface area contributed by atoms with Gasteiger partial charge in [-0.3, -0.25) is 10.1 Å². The molecule has 0 aliphatic carbocycles. The average Bonchev–Trinajstić information content (AvgIpc) is 3.24. The van der Waals surface area contributed by atoms with E-state index in [2.05, 4.69) is 15.5 Å². The van der Waals surface area contributed by atoms with E-state index in [9.17, 15) is 10.1 Å². The normalized spacial score (nSPS) is 10.9. The number of hydrogen-bond donors (Lipinski definition) is 1. The summed E-state index contributed by atoms with van der Waals surface area (Å²) in [5, 5.41) is 21.0. The van der Waals surface area contributed by atoms with Crippen LogP contribution in [-0.2, 0) is 11.2 Å². The van der Waals surface area contributed by atoms with Gasteiger partial charge in [0.25, 0.3) is 5.91 Å². The summed E-state index contributed by atoms with van der Waals surface area (Å²) in [5.74, 6) is 0.998. The SMILES string of the molecule is CCc1nnc(NC(=O)C(C#N)=Cc2ccc(OCCOc3ccccc3C)cc2)s1. The van der Waals surface area contributed by atoms with Crippen LogP contribution in [0, 0.1) is 18.3 Å². The lowest BCUT2D eigenvalue weighted by Crippen LogP contribution is -2.13. The molecule has 0 bridgehead atoms. The topological polar surface area (TPSA) is 97.1 Å². The molecule has 0 aliphatic rings. The summed E-state index contributed by atoms with van der Waals surface area (Å²) < 4.78 is 11.4. The van der Waals surface area contributed by atoms with Gasteiger partial charge in [0.2, 0.25) is 5.13 Å². The van der Waals surface area contributed by atoms with Gasteiger partial charge < -0.3 is 9.47 Å². The van der Waals surface area contributed by atoms with Crippen molar-refractivity contribution in [3.05, 3.63) is 70.2 Å². The van der Waals surface area contributed by atoms with Gasteiger partial charge in [-0.05, 0) is 48.7 Å². The highest BCUT2D eigenvalue weighted by Gasteiger charge is 2.12. The summed E-state index contributed by atoms with van der Waals surface area (Å²) >= 11 is 1.29. The van der Waals surface area contributed by atoms with E-state index < -0.39 is 5.91 Å². The Morgan fingerprint density at radius 2 is 1.87 bits per heavy atom. The standard InChI is InChI=1S/C23H22N4O3S/c1-3-21-26-27-23(31-21)25-22(28)18(15-24)14-17-8-10-19(11-9-17)29-12-13-30-20-7-5-4-6-16(20)2/h4-11,14H,3,12-13H2,1-2H3,(H,25,27,28). The highest BCUT2D eigenvalue weighted by atomic mass is 32.1. The molecule has 3 aromatic rings. The number of nitrogens with one attached hydrogen (secondary N) is 1. The molecule has 0 saturated heterocycles. The van der Waals surface area contributed by atoms with E-state index >= 15 is 0 Å². The molecule has 1 amide bonds. The van der Waals surface area contributed by atoms with E-state index in [1.807, 2.05) is 44.2 Å². The Hall–Kier alpha value is -3.70. The zero-order valence-corrected chi connectivity index (χ0v) is 18.1. The number of carbonyl (C=O) groups is 1. The number of benzene rings is 2. The van der Waals surface area contributed by atoms with Crippen molar-refractivity contribution in [1.82, 2.24) is 10.2 Å². The Morgan fingerprint density at radius 3 is 2.55 bits per heavy atom. The highest BCUT2D eigenvalue weighted by molar-refractivity contribution is 7.15. The Labute approximate surface area is 185 Å². The van der Waals surface area contributed by atoms with Crippen molar-refractivity contribution in [3.8, 4) is 17.6 Å². The zero-order chi connectivity index (χ0) is 22.1. The molecule has 0 unspecified atom stereocenters.